The van der Waals surface area contributed by atoms with Crippen molar-refractivity contribution in [3.05, 3.63) is 29.6 Å². The second-order valence-corrected chi connectivity index (χ2v) is 5.16. The molecule has 0 N–H and O–H groups in total. The third kappa shape index (κ3) is 1.76. The Morgan fingerprint density at radius 3 is 3.00 bits per heavy atom. The first-order valence-corrected chi connectivity index (χ1v) is 6.57. The van der Waals surface area contributed by atoms with Gasteiger partial charge in [-0.1, -0.05) is 12.2 Å². The van der Waals surface area contributed by atoms with Crippen molar-refractivity contribution >= 4 is 23.5 Å². The predicted molar refractivity (Wildman–Crippen MR) is 66.5 cm³/mol. The maximum atomic E-state index is 4.52. The summed E-state index contributed by atoms with van der Waals surface area (Å²) in [7, 11) is 0. The zero-order valence-electron chi connectivity index (χ0n) is 8.65. The molecule has 0 aromatic carbocycles. The van der Waals surface area contributed by atoms with Gasteiger partial charge in [0.15, 0.2) is 0 Å². The zero-order chi connectivity index (χ0) is 10.1. The highest BCUT2D eigenvalue weighted by atomic mass is 32.2. The van der Waals surface area contributed by atoms with E-state index in [1.54, 1.807) is 0 Å². The molecule has 1 fully saturated rings. The van der Waals surface area contributed by atoms with Crippen LogP contribution in [0.1, 0.15) is 11.3 Å². The molecule has 1 saturated heterocycles. The van der Waals surface area contributed by atoms with Crippen molar-refractivity contribution in [2.45, 2.75) is 6.42 Å². The van der Waals surface area contributed by atoms with Crippen LogP contribution in [0, 0.1) is 0 Å². The van der Waals surface area contributed by atoms with E-state index in [2.05, 4.69) is 28.1 Å². The molecule has 2 aliphatic rings. The topological polar surface area (TPSA) is 16.1 Å². The van der Waals surface area contributed by atoms with Gasteiger partial charge in [0.1, 0.15) is 0 Å². The fourth-order valence-corrected chi connectivity index (χ4v) is 3.01. The minimum Gasteiger partial charge on any atom is -0.369 e. The maximum absolute atomic E-state index is 4.52. The van der Waals surface area contributed by atoms with Gasteiger partial charge in [-0.3, -0.25) is 4.98 Å². The van der Waals surface area contributed by atoms with Crippen LogP contribution in [0.2, 0.25) is 0 Å². The van der Waals surface area contributed by atoms with Gasteiger partial charge in [0.05, 0.1) is 17.6 Å². The maximum Gasteiger partial charge on any atom is 0.0559 e. The summed E-state index contributed by atoms with van der Waals surface area (Å²) in [5, 5.41) is 0. The largest absolute Gasteiger partial charge is 0.369 e. The summed E-state index contributed by atoms with van der Waals surface area (Å²) in [5.74, 6) is 2.49. The molecule has 1 aromatic rings. The average Bonchev–Trinajstić information content (AvgIpc) is 2.77. The molecule has 0 radical (unpaired) electrons. The van der Waals surface area contributed by atoms with Crippen molar-refractivity contribution in [3.63, 3.8) is 0 Å². The molecule has 78 valence electrons. The third-order valence-corrected chi connectivity index (χ3v) is 3.92. The molecule has 0 atom stereocenters. The molecule has 3 rings (SSSR count). The van der Waals surface area contributed by atoms with Crippen LogP contribution in [-0.2, 0) is 6.42 Å². The Morgan fingerprint density at radius 1 is 1.27 bits per heavy atom. The fraction of sp³-hybridized carbons (Fsp3) is 0.417. The predicted octanol–water partition coefficient (Wildman–Crippen LogP) is 2.20. The van der Waals surface area contributed by atoms with Crippen LogP contribution in [0.25, 0.3) is 6.08 Å². The van der Waals surface area contributed by atoms with E-state index < -0.39 is 0 Å². The van der Waals surface area contributed by atoms with Crippen LogP contribution < -0.4 is 4.90 Å². The van der Waals surface area contributed by atoms with Crippen molar-refractivity contribution < 1.29 is 0 Å². The highest BCUT2D eigenvalue weighted by Gasteiger charge is 2.14. The van der Waals surface area contributed by atoms with Gasteiger partial charge in [-0.15, -0.1) is 0 Å². The van der Waals surface area contributed by atoms with Gasteiger partial charge in [-0.25, -0.2) is 0 Å². The number of fused-ring (bicyclic) bond motifs is 1. The first kappa shape index (κ1) is 9.28. The number of nitrogens with zero attached hydrogens (tertiary/aromatic N) is 2. The lowest BCUT2D eigenvalue weighted by atomic mass is 10.2. The number of allylic oxidation sites excluding steroid dienone is 1. The number of hydrogen-bond acceptors (Lipinski definition) is 3. The second-order valence-electron chi connectivity index (χ2n) is 3.94. The minimum absolute atomic E-state index is 1.01. The molecule has 0 spiro atoms. The van der Waals surface area contributed by atoms with Gasteiger partial charge in [-0.05, 0) is 11.6 Å². The van der Waals surface area contributed by atoms with E-state index in [1.165, 1.54) is 28.5 Å². The number of aromatic nitrogens is 1. The van der Waals surface area contributed by atoms with Crippen LogP contribution in [-0.4, -0.2) is 29.6 Å². The minimum atomic E-state index is 1.01. The number of hydrogen-bond donors (Lipinski definition) is 0. The highest BCUT2D eigenvalue weighted by Crippen LogP contribution is 2.24. The van der Waals surface area contributed by atoms with E-state index in [0.717, 1.165) is 19.5 Å². The summed E-state index contributed by atoms with van der Waals surface area (Å²) in [6, 6.07) is 2.28. The van der Waals surface area contributed by atoms with Crippen LogP contribution in [0.3, 0.4) is 0 Å². The summed E-state index contributed by atoms with van der Waals surface area (Å²) in [4.78, 5) is 6.96. The van der Waals surface area contributed by atoms with E-state index >= 15 is 0 Å². The van der Waals surface area contributed by atoms with Crippen molar-refractivity contribution in [2.24, 2.45) is 0 Å². The average molecular weight is 218 g/mol. The van der Waals surface area contributed by atoms with E-state index in [1.807, 2.05) is 18.0 Å². The van der Waals surface area contributed by atoms with Crippen molar-refractivity contribution in [3.8, 4) is 0 Å². The van der Waals surface area contributed by atoms with Gasteiger partial charge in [-0.2, -0.15) is 11.8 Å². The van der Waals surface area contributed by atoms with Crippen LogP contribution >= 0.6 is 11.8 Å². The second kappa shape index (κ2) is 3.89. The highest BCUT2D eigenvalue weighted by molar-refractivity contribution is 7.99. The molecule has 3 heteroatoms. The molecular weight excluding hydrogens is 204 g/mol. The molecule has 2 heterocycles. The third-order valence-electron chi connectivity index (χ3n) is 2.97. The molecule has 0 amide bonds. The fourth-order valence-electron chi connectivity index (χ4n) is 2.11. The number of rotatable bonds is 1. The van der Waals surface area contributed by atoms with Crippen LogP contribution in [0.15, 0.2) is 18.3 Å². The lowest BCUT2D eigenvalue weighted by molar-refractivity contribution is 0.853. The molecule has 15 heavy (non-hydrogen) atoms. The van der Waals surface area contributed by atoms with Crippen molar-refractivity contribution in [1.82, 2.24) is 4.98 Å². The molecule has 1 aliphatic heterocycles. The van der Waals surface area contributed by atoms with Gasteiger partial charge < -0.3 is 4.90 Å². The SMILES string of the molecule is C1=Cc2cc(N3CCSCC3)cnc2C1. The van der Waals surface area contributed by atoms with Gasteiger partial charge >= 0.3 is 0 Å². The lowest BCUT2D eigenvalue weighted by Gasteiger charge is -2.28. The first-order valence-electron chi connectivity index (χ1n) is 5.42. The van der Waals surface area contributed by atoms with E-state index in [4.69, 9.17) is 0 Å². The Morgan fingerprint density at radius 2 is 2.13 bits per heavy atom. The summed E-state index contributed by atoms with van der Waals surface area (Å²) >= 11 is 2.04. The van der Waals surface area contributed by atoms with Gasteiger partial charge in [0.25, 0.3) is 0 Å². The van der Waals surface area contributed by atoms with Crippen molar-refractivity contribution in [2.75, 3.05) is 29.5 Å². The molecule has 1 aliphatic carbocycles. The molecule has 0 bridgehead atoms. The van der Waals surface area contributed by atoms with Crippen molar-refractivity contribution in [1.29, 1.82) is 0 Å². The van der Waals surface area contributed by atoms with Gasteiger partial charge in [0, 0.05) is 31.0 Å². The molecule has 0 saturated carbocycles. The normalized spacial score (nSPS) is 19.3. The standard InChI is InChI=1S/C12H14N2S/c1-2-10-8-11(9-13-12(10)3-1)14-4-6-15-7-5-14/h1-2,8-9H,3-7H2. The number of anilines is 1. The van der Waals surface area contributed by atoms with Crippen LogP contribution in [0.5, 0.6) is 0 Å². The lowest BCUT2D eigenvalue weighted by Crippen LogP contribution is -2.32. The molecule has 1 aromatic heterocycles. The molecule has 0 unspecified atom stereocenters. The Labute approximate surface area is 94.4 Å². The Kier molecular flexibility index (Phi) is 2.41. The monoisotopic (exact) mass is 218 g/mol. The van der Waals surface area contributed by atoms with Gasteiger partial charge in [0.2, 0.25) is 0 Å². The smallest absolute Gasteiger partial charge is 0.0559 e. The molecular formula is C12H14N2S. The summed E-state index contributed by atoms with van der Waals surface area (Å²) < 4.78 is 0. The Hall–Kier alpha value is -0.960. The summed E-state index contributed by atoms with van der Waals surface area (Å²) in [6.07, 6.45) is 7.41. The van der Waals surface area contributed by atoms with Crippen LogP contribution in [0.4, 0.5) is 5.69 Å². The zero-order valence-corrected chi connectivity index (χ0v) is 9.46. The van der Waals surface area contributed by atoms with E-state index in [-0.39, 0.29) is 0 Å². The van der Waals surface area contributed by atoms with E-state index in [9.17, 15) is 0 Å². The quantitative estimate of drug-likeness (QED) is 0.719. The number of pyridine rings is 1. The first-order chi connectivity index (χ1) is 7.43. The summed E-state index contributed by atoms with van der Waals surface area (Å²) in [6.45, 7) is 2.32. The summed E-state index contributed by atoms with van der Waals surface area (Å²) in [5.41, 5.74) is 3.83. The Bertz CT molecular complexity index is 395. The Balaban J connectivity index is 1.88. The number of thioether (sulfide) groups is 1. The molecule has 2 nitrogen and oxygen atoms in total. The van der Waals surface area contributed by atoms with E-state index in [0.29, 0.717) is 0 Å².